The van der Waals surface area contributed by atoms with Gasteiger partial charge in [0.1, 0.15) is 0 Å². The molecule has 0 radical (unpaired) electrons. The molecule has 2 fully saturated rings. The van der Waals surface area contributed by atoms with Crippen LogP contribution in [0.4, 0.5) is 0 Å². The first kappa shape index (κ1) is 24.4. The van der Waals surface area contributed by atoms with E-state index in [0.29, 0.717) is 13.0 Å². The summed E-state index contributed by atoms with van der Waals surface area (Å²) in [5.74, 6) is 0.211. The normalized spacial score (nSPS) is 17.5. The molecule has 182 valence electrons. The molecule has 0 bridgehead atoms. The highest BCUT2D eigenvalue weighted by Crippen LogP contribution is 2.22. The van der Waals surface area contributed by atoms with Crippen LogP contribution in [0.1, 0.15) is 46.3 Å². The number of amides is 2. The minimum absolute atomic E-state index is 0.0569. The third-order valence-corrected chi connectivity index (χ3v) is 7.01. The fraction of sp³-hybridized carbons (Fsp3) is 0.500. The fourth-order valence-electron chi connectivity index (χ4n) is 5.23. The van der Waals surface area contributed by atoms with Crippen LogP contribution in [0.3, 0.4) is 0 Å². The Morgan fingerprint density at radius 2 is 1.59 bits per heavy atom. The molecule has 0 aliphatic carbocycles. The molecule has 0 atom stereocenters. The predicted octanol–water partition coefficient (Wildman–Crippen LogP) is 3.23. The van der Waals surface area contributed by atoms with Crippen LogP contribution in [0.2, 0.25) is 0 Å². The molecular formula is C28H38N4O2. The monoisotopic (exact) mass is 462 g/mol. The molecule has 2 aromatic carbocycles. The molecule has 34 heavy (non-hydrogen) atoms. The van der Waals surface area contributed by atoms with Crippen molar-refractivity contribution in [1.82, 2.24) is 20.0 Å². The van der Waals surface area contributed by atoms with E-state index in [9.17, 15) is 9.59 Å². The number of carbonyl (C=O) groups excluding carboxylic acids is 2. The number of aryl methyl sites for hydroxylation is 2. The second kappa shape index (κ2) is 11.6. The quantitative estimate of drug-likeness (QED) is 0.687. The van der Waals surface area contributed by atoms with Gasteiger partial charge in [-0.2, -0.15) is 0 Å². The molecule has 6 heteroatoms. The van der Waals surface area contributed by atoms with Gasteiger partial charge in [0.25, 0.3) is 5.91 Å². The lowest BCUT2D eigenvalue weighted by atomic mass is 9.99. The van der Waals surface area contributed by atoms with Gasteiger partial charge in [0.15, 0.2) is 0 Å². The third kappa shape index (κ3) is 6.45. The van der Waals surface area contributed by atoms with Crippen molar-refractivity contribution in [2.75, 3.05) is 45.8 Å². The summed E-state index contributed by atoms with van der Waals surface area (Å²) in [6.45, 7) is 10.6. The Kier molecular flexibility index (Phi) is 8.35. The average molecular weight is 463 g/mol. The number of nitrogens with zero attached hydrogens (tertiary/aromatic N) is 3. The molecular weight excluding hydrogens is 424 g/mol. The minimum atomic E-state index is 0.0569. The maximum atomic E-state index is 13.7. The van der Waals surface area contributed by atoms with Crippen LogP contribution in [0.15, 0.2) is 48.5 Å². The number of piperidine rings is 1. The Bertz CT molecular complexity index is 943. The second-order valence-corrected chi connectivity index (χ2v) is 9.75. The van der Waals surface area contributed by atoms with Crippen LogP contribution in [-0.4, -0.2) is 78.4 Å². The molecule has 0 spiro atoms. The summed E-state index contributed by atoms with van der Waals surface area (Å²) in [5, 5.41) is 3.29. The first-order chi connectivity index (χ1) is 16.5. The van der Waals surface area contributed by atoms with Gasteiger partial charge in [-0.15, -0.1) is 0 Å². The summed E-state index contributed by atoms with van der Waals surface area (Å²) in [7, 11) is 0. The van der Waals surface area contributed by atoms with Gasteiger partial charge in [-0.25, -0.2) is 0 Å². The van der Waals surface area contributed by atoms with E-state index in [1.54, 1.807) is 0 Å². The summed E-state index contributed by atoms with van der Waals surface area (Å²) in [6, 6.07) is 16.8. The Morgan fingerprint density at radius 3 is 2.24 bits per heavy atom. The van der Waals surface area contributed by atoms with E-state index in [4.69, 9.17) is 0 Å². The maximum absolute atomic E-state index is 13.7. The average Bonchev–Trinajstić information content (AvgIpc) is 2.85. The van der Waals surface area contributed by atoms with Crippen molar-refractivity contribution in [3.63, 3.8) is 0 Å². The van der Waals surface area contributed by atoms with Crippen molar-refractivity contribution in [2.24, 2.45) is 0 Å². The number of hydrogen-bond acceptors (Lipinski definition) is 4. The van der Waals surface area contributed by atoms with Crippen molar-refractivity contribution in [1.29, 1.82) is 0 Å². The van der Waals surface area contributed by atoms with Gasteiger partial charge < -0.3 is 15.1 Å². The van der Waals surface area contributed by atoms with E-state index < -0.39 is 0 Å². The largest absolute Gasteiger partial charge is 0.340 e. The Balaban J connectivity index is 1.43. The van der Waals surface area contributed by atoms with Gasteiger partial charge in [-0.3, -0.25) is 14.5 Å². The van der Waals surface area contributed by atoms with E-state index in [1.165, 1.54) is 5.56 Å². The van der Waals surface area contributed by atoms with Crippen molar-refractivity contribution >= 4 is 11.8 Å². The first-order valence-electron chi connectivity index (χ1n) is 12.6. The van der Waals surface area contributed by atoms with Crippen LogP contribution in [0, 0.1) is 13.8 Å². The van der Waals surface area contributed by atoms with E-state index in [1.807, 2.05) is 41.8 Å². The predicted molar refractivity (Wildman–Crippen MR) is 136 cm³/mol. The Morgan fingerprint density at radius 1 is 0.941 bits per heavy atom. The topological polar surface area (TPSA) is 55.9 Å². The van der Waals surface area contributed by atoms with Crippen LogP contribution >= 0.6 is 0 Å². The summed E-state index contributed by atoms with van der Waals surface area (Å²) < 4.78 is 0. The van der Waals surface area contributed by atoms with E-state index in [-0.39, 0.29) is 17.9 Å². The highest BCUT2D eigenvalue weighted by Gasteiger charge is 2.30. The number of likely N-dealkylation sites (tertiary alicyclic amines) is 1. The molecule has 6 nitrogen and oxygen atoms in total. The van der Waals surface area contributed by atoms with Crippen LogP contribution in [0.5, 0.6) is 0 Å². The Hall–Kier alpha value is -2.70. The zero-order valence-corrected chi connectivity index (χ0v) is 20.6. The number of carbonyl (C=O) groups is 2. The molecule has 2 amide bonds. The van der Waals surface area contributed by atoms with Gasteiger partial charge >= 0.3 is 0 Å². The molecule has 1 N–H and O–H groups in total. The zero-order valence-electron chi connectivity index (χ0n) is 20.6. The molecule has 0 unspecified atom stereocenters. The highest BCUT2D eigenvalue weighted by atomic mass is 16.2. The maximum Gasteiger partial charge on any atom is 0.254 e. The lowest BCUT2D eigenvalue weighted by molar-refractivity contribution is -0.132. The zero-order chi connectivity index (χ0) is 23.9. The molecule has 2 aromatic rings. The van der Waals surface area contributed by atoms with Crippen LogP contribution in [-0.2, 0) is 11.3 Å². The molecule has 0 aromatic heterocycles. The first-order valence-corrected chi connectivity index (χ1v) is 12.6. The van der Waals surface area contributed by atoms with Gasteiger partial charge in [0.05, 0.1) is 0 Å². The summed E-state index contributed by atoms with van der Waals surface area (Å²) in [4.78, 5) is 32.9. The molecule has 2 aliphatic heterocycles. The van der Waals surface area contributed by atoms with Crippen molar-refractivity contribution < 1.29 is 9.59 Å². The summed E-state index contributed by atoms with van der Waals surface area (Å²) >= 11 is 0. The van der Waals surface area contributed by atoms with E-state index >= 15 is 0 Å². The lowest BCUT2D eigenvalue weighted by Gasteiger charge is -2.39. The third-order valence-electron chi connectivity index (χ3n) is 7.01. The lowest BCUT2D eigenvalue weighted by Crippen LogP contribution is -2.50. The molecule has 4 rings (SSSR count). The number of piperazine rings is 1. The number of benzene rings is 2. The van der Waals surface area contributed by atoms with Crippen LogP contribution < -0.4 is 5.32 Å². The van der Waals surface area contributed by atoms with Gasteiger partial charge in [0.2, 0.25) is 5.91 Å². The van der Waals surface area contributed by atoms with Crippen molar-refractivity contribution in [3.05, 3.63) is 70.8 Å². The standard InChI is InChI=1S/C28H38N4O2/c1-22-18-23(2)20-25(19-22)28(34)32(15-10-27(33)31-16-11-29-12-17-31)26-8-13-30(14-9-26)21-24-6-4-3-5-7-24/h3-7,18-20,26,29H,8-17,21H2,1-2H3. The highest BCUT2D eigenvalue weighted by molar-refractivity contribution is 5.95. The number of rotatable bonds is 7. The number of nitrogens with one attached hydrogen (secondary N) is 1. The van der Waals surface area contributed by atoms with Gasteiger partial charge in [0, 0.05) is 70.4 Å². The van der Waals surface area contributed by atoms with Gasteiger partial charge in [-0.05, 0) is 44.4 Å². The minimum Gasteiger partial charge on any atom is -0.340 e. The van der Waals surface area contributed by atoms with E-state index in [0.717, 1.165) is 75.3 Å². The number of hydrogen-bond donors (Lipinski definition) is 1. The fourth-order valence-corrected chi connectivity index (χ4v) is 5.23. The molecule has 2 heterocycles. The molecule has 2 saturated heterocycles. The molecule has 0 saturated carbocycles. The van der Waals surface area contributed by atoms with E-state index in [2.05, 4.69) is 40.5 Å². The SMILES string of the molecule is Cc1cc(C)cc(C(=O)N(CCC(=O)N2CCNCC2)C2CCN(Cc3ccccc3)CC2)c1. The van der Waals surface area contributed by atoms with Crippen molar-refractivity contribution in [3.8, 4) is 0 Å². The molecule has 2 aliphatic rings. The van der Waals surface area contributed by atoms with Gasteiger partial charge in [-0.1, -0.05) is 47.5 Å². The summed E-state index contributed by atoms with van der Waals surface area (Å²) in [5.41, 5.74) is 4.25. The summed E-state index contributed by atoms with van der Waals surface area (Å²) in [6.07, 6.45) is 2.26. The second-order valence-electron chi connectivity index (χ2n) is 9.75. The van der Waals surface area contributed by atoms with Crippen LogP contribution in [0.25, 0.3) is 0 Å². The smallest absolute Gasteiger partial charge is 0.254 e. The van der Waals surface area contributed by atoms with Crippen molar-refractivity contribution in [2.45, 2.75) is 45.7 Å². The Labute approximate surface area is 203 Å².